The summed E-state index contributed by atoms with van der Waals surface area (Å²) in [6.07, 6.45) is -4.43. The summed E-state index contributed by atoms with van der Waals surface area (Å²) in [4.78, 5) is 0. The van der Waals surface area contributed by atoms with Crippen LogP contribution in [0.5, 0.6) is 11.5 Å². The van der Waals surface area contributed by atoms with Crippen molar-refractivity contribution in [3.05, 3.63) is 47.0 Å². The number of ether oxygens (including phenoxy) is 1. The van der Waals surface area contributed by atoms with Gasteiger partial charge in [-0.2, -0.15) is 13.2 Å². The minimum absolute atomic E-state index is 0.00287. The van der Waals surface area contributed by atoms with Crippen molar-refractivity contribution in [1.82, 2.24) is 0 Å². The monoisotopic (exact) mass is 270 g/mol. The van der Waals surface area contributed by atoms with E-state index in [0.717, 1.165) is 6.07 Å². The van der Waals surface area contributed by atoms with Gasteiger partial charge in [0.15, 0.2) is 0 Å². The third-order valence-corrected chi connectivity index (χ3v) is 3.08. The average molecular weight is 271 g/mol. The van der Waals surface area contributed by atoms with Gasteiger partial charge in [0.05, 0.1) is 5.56 Å². The maximum Gasteiger partial charge on any atom is 0.417 e. The van der Waals surface area contributed by atoms with Crippen molar-refractivity contribution < 1.29 is 17.9 Å². The van der Waals surface area contributed by atoms with Crippen LogP contribution in [0.3, 0.4) is 0 Å². The molecule has 0 amide bonds. The molecule has 1 nitrogen and oxygen atoms in total. The molecule has 5 heteroatoms. The first kappa shape index (κ1) is 11.4. The maximum absolute atomic E-state index is 13.0. The van der Waals surface area contributed by atoms with E-state index < -0.39 is 11.7 Å². The molecule has 2 heterocycles. The predicted octanol–water partition coefficient (Wildman–Crippen LogP) is 5.13. The van der Waals surface area contributed by atoms with E-state index in [1.54, 1.807) is 30.3 Å². The fourth-order valence-corrected chi connectivity index (χ4v) is 2.19. The Morgan fingerprint density at radius 3 is 2.33 bits per heavy atom. The highest BCUT2D eigenvalue weighted by Crippen LogP contribution is 2.52. The molecule has 0 atom stereocenters. The Morgan fingerprint density at radius 2 is 1.72 bits per heavy atom. The first-order valence-electron chi connectivity index (χ1n) is 5.15. The smallest absolute Gasteiger partial charge is 0.417 e. The van der Waals surface area contributed by atoms with E-state index in [9.17, 15) is 13.2 Å². The van der Waals surface area contributed by atoms with E-state index in [1.165, 1.54) is 0 Å². The van der Waals surface area contributed by atoms with Crippen molar-refractivity contribution in [3.63, 3.8) is 0 Å². The summed E-state index contributed by atoms with van der Waals surface area (Å²) in [6.45, 7) is 0. The van der Waals surface area contributed by atoms with Crippen LogP contribution in [-0.2, 0) is 6.18 Å². The Labute approximate surface area is 106 Å². The molecule has 0 radical (unpaired) electrons. The second kappa shape index (κ2) is 3.65. The van der Waals surface area contributed by atoms with Crippen LogP contribution >= 0.6 is 11.6 Å². The van der Waals surface area contributed by atoms with Gasteiger partial charge in [0, 0.05) is 22.2 Å². The third-order valence-electron chi connectivity index (χ3n) is 2.75. The molecule has 0 saturated carbocycles. The lowest BCUT2D eigenvalue weighted by molar-refractivity contribution is -0.137. The number of benzene rings is 2. The summed E-state index contributed by atoms with van der Waals surface area (Å²) in [5, 5.41) is 0.266. The number of rotatable bonds is 1. The molecule has 0 fully saturated rings. The predicted molar refractivity (Wildman–Crippen MR) is 62.0 cm³/mol. The van der Waals surface area contributed by atoms with Gasteiger partial charge in [-0.15, -0.1) is 0 Å². The zero-order valence-electron chi connectivity index (χ0n) is 8.88. The number of hydrogen-bond acceptors (Lipinski definition) is 1. The van der Waals surface area contributed by atoms with E-state index in [4.69, 9.17) is 16.3 Å². The summed E-state index contributed by atoms with van der Waals surface area (Å²) >= 11 is 5.95. The van der Waals surface area contributed by atoms with Crippen molar-refractivity contribution in [2.75, 3.05) is 0 Å². The average Bonchev–Trinajstić information content (AvgIpc) is 2.26. The van der Waals surface area contributed by atoms with E-state index in [2.05, 4.69) is 0 Å². The fourth-order valence-electron chi connectivity index (χ4n) is 1.96. The van der Waals surface area contributed by atoms with Gasteiger partial charge in [0.1, 0.15) is 11.5 Å². The number of halogens is 4. The second-order valence-electron chi connectivity index (χ2n) is 3.92. The molecule has 2 aromatic rings. The molecule has 0 saturated heterocycles. The third kappa shape index (κ3) is 1.64. The molecule has 18 heavy (non-hydrogen) atoms. The Balaban J connectivity index is 2.28. The molecule has 0 aromatic heterocycles. The standard InChI is InChI=1S/C13H6ClF3O/c14-10-4-2-1-3-8(10)12-9(13(15,16)17)5-7-6-11(12)18-7/h1-6H. The van der Waals surface area contributed by atoms with Crippen LogP contribution in [0.15, 0.2) is 36.4 Å². The molecule has 0 aliphatic carbocycles. The van der Waals surface area contributed by atoms with Gasteiger partial charge in [-0.25, -0.2) is 0 Å². The Morgan fingerprint density at radius 1 is 1.06 bits per heavy atom. The quantitative estimate of drug-likeness (QED) is 0.595. The molecule has 0 N–H and O–H groups in total. The summed E-state index contributed by atoms with van der Waals surface area (Å²) in [7, 11) is 0. The highest BCUT2D eigenvalue weighted by molar-refractivity contribution is 6.33. The van der Waals surface area contributed by atoms with Gasteiger partial charge in [-0.05, 0) is 12.1 Å². The fraction of sp³-hybridized carbons (Fsp3) is 0.0769. The summed E-state index contributed by atoms with van der Waals surface area (Å²) in [5.41, 5.74) is -0.384. The molecule has 2 aliphatic heterocycles. The molecule has 0 spiro atoms. The largest absolute Gasteiger partial charge is 0.456 e. The van der Waals surface area contributed by atoms with Crippen LogP contribution in [0.25, 0.3) is 11.1 Å². The minimum atomic E-state index is -4.43. The van der Waals surface area contributed by atoms with Crippen molar-refractivity contribution in [3.8, 4) is 22.6 Å². The van der Waals surface area contributed by atoms with E-state index in [-0.39, 0.29) is 22.1 Å². The lowest BCUT2D eigenvalue weighted by Crippen LogP contribution is -2.12. The number of alkyl halides is 3. The number of fused-ring (bicyclic) bond motifs is 2. The van der Waals surface area contributed by atoms with Gasteiger partial charge in [0.2, 0.25) is 0 Å². The minimum Gasteiger partial charge on any atom is -0.456 e. The van der Waals surface area contributed by atoms with Gasteiger partial charge in [-0.3, -0.25) is 0 Å². The first-order valence-corrected chi connectivity index (χ1v) is 5.52. The second-order valence-corrected chi connectivity index (χ2v) is 4.33. The van der Waals surface area contributed by atoms with E-state index in [1.807, 2.05) is 0 Å². The molecular weight excluding hydrogens is 265 g/mol. The molecule has 2 aliphatic rings. The van der Waals surface area contributed by atoms with Crippen LogP contribution in [0.1, 0.15) is 5.56 Å². The SMILES string of the molecule is FC(F)(F)c1cc2cc(c1-c1ccccc1Cl)O2. The van der Waals surface area contributed by atoms with Gasteiger partial charge >= 0.3 is 6.18 Å². The summed E-state index contributed by atoms with van der Waals surface area (Å²) < 4.78 is 44.1. The molecule has 4 rings (SSSR count). The Kier molecular flexibility index (Phi) is 2.32. The Bertz CT molecular complexity index is 635. The Hall–Kier alpha value is -1.68. The van der Waals surface area contributed by atoms with Crippen LogP contribution in [-0.4, -0.2) is 0 Å². The molecule has 92 valence electrons. The molecule has 0 unspecified atom stereocenters. The molecule has 2 aromatic carbocycles. The van der Waals surface area contributed by atoms with Crippen molar-refractivity contribution in [1.29, 1.82) is 0 Å². The van der Waals surface area contributed by atoms with Crippen LogP contribution in [0, 0.1) is 0 Å². The van der Waals surface area contributed by atoms with Crippen molar-refractivity contribution in [2.45, 2.75) is 6.18 Å². The zero-order chi connectivity index (χ0) is 12.9. The van der Waals surface area contributed by atoms with Gasteiger partial charge in [-0.1, -0.05) is 29.8 Å². The van der Waals surface area contributed by atoms with Crippen molar-refractivity contribution >= 4 is 11.6 Å². The summed E-state index contributed by atoms with van der Waals surface area (Å²) in [5.74, 6) is 0.445. The topological polar surface area (TPSA) is 9.23 Å². The van der Waals surface area contributed by atoms with Crippen LogP contribution < -0.4 is 4.74 Å². The highest BCUT2D eigenvalue weighted by atomic mass is 35.5. The maximum atomic E-state index is 13.0. The van der Waals surface area contributed by atoms with E-state index >= 15 is 0 Å². The lowest BCUT2D eigenvalue weighted by atomic mass is 9.95. The first-order chi connectivity index (χ1) is 8.47. The zero-order valence-corrected chi connectivity index (χ0v) is 9.64. The normalized spacial score (nSPS) is 12.9. The van der Waals surface area contributed by atoms with Gasteiger partial charge < -0.3 is 4.74 Å². The molecule has 2 bridgehead atoms. The van der Waals surface area contributed by atoms with E-state index in [0.29, 0.717) is 5.56 Å². The number of hydrogen-bond donors (Lipinski definition) is 0. The summed E-state index contributed by atoms with van der Waals surface area (Å²) in [6, 6.07) is 8.96. The van der Waals surface area contributed by atoms with Crippen LogP contribution in [0.4, 0.5) is 13.2 Å². The lowest BCUT2D eigenvalue weighted by Gasteiger charge is -2.25. The molecular formula is C13H6ClF3O. The van der Waals surface area contributed by atoms with Crippen molar-refractivity contribution in [2.24, 2.45) is 0 Å². The van der Waals surface area contributed by atoms with Gasteiger partial charge in [0.25, 0.3) is 0 Å². The highest BCUT2D eigenvalue weighted by Gasteiger charge is 2.39. The van der Waals surface area contributed by atoms with Crippen LogP contribution in [0.2, 0.25) is 5.02 Å².